The lowest BCUT2D eigenvalue weighted by Crippen LogP contribution is -2.44. The molecule has 5 rings (SSSR count). The van der Waals surface area contributed by atoms with E-state index in [9.17, 15) is 4.79 Å². The van der Waals surface area contributed by atoms with E-state index in [0.717, 1.165) is 85.2 Å². The fraction of sp³-hybridized carbons (Fsp3) is 0.452. The number of aromatic nitrogens is 2. The number of amides is 1. The van der Waals surface area contributed by atoms with E-state index in [1.165, 1.54) is 18.4 Å². The largest absolute Gasteiger partial charge is 0.357 e. The monoisotopic (exact) mass is 497 g/mol. The minimum absolute atomic E-state index is 0.0183. The minimum Gasteiger partial charge on any atom is -0.357 e. The van der Waals surface area contributed by atoms with Gasteiger partial charge in [-0.3, -0.25) is 14.7 Å². The van der Waals surface area contributed by atoms with Crippen LogP contribution in [0.4, 0.5) is 5.82 Å². The lowest BCUT2D eigenvalue weighted by Gasteiger charge is -2.33. The third kappa shape index (κ3) is 6.19. The number of benzene rings is 1. The molecule has 2 aromatic heterocycles. The van der Waals surface area contributed by atoms with Gasteiger partial charge in [-0.25, -0.2) is 4.98 Å². The van der Waals surface area contributed by atoms with Crippen molar-refractivity contribution in [2.45, 2.75) is 59.0 Å². The predicted octanol–water partition coefficient (Wildman–Crippen LogP) is 5.39. The number of carbonyl (C=O) groups excluding carboxylic acids is 1. The molecule has 2 aliphatic rings. The molecule has 0 bridgehead atoms. The van der Waals surface area contributed by atoms with Crippen LogP contribution in [0.1, 0.15) is 59.8 Å². The molecule has 2 fully saturated rings. The van der Waals surface area contributed by atoms with Crippen molar-refractivity contribution >= 4 is 11.7 Å². The second-order valence-electron chi connectivity index (χ2n) is 10.9. The molecular weight excluding hydrogens is 458 g/mol. The summed E-state index contributed by atoms with van der Waals surface area (Å²) >= 11 is 0. The molecule has 0 saturated carbocycles. The molecule has 6 nitrogen and oxygen atoms in total. The summed E-state index contributed by atoms with van der Waals surface area (Å²) in [6.07, 6.45) is 8.36. The highest BCUT2D eigenvalue weighted by atomic mass is 16.1. The van der Waals surface area contributed by atoms with Gasteiger partial charge in [-0.15, -0.1) is 0 Å². The van der Waals surface area contributed by atoms with E-state index in [1.807, 2.05) is 44.4 Å². The van der Waals surface area contributed by atoms with Crippen LogP contribution in [0.25, 0.3) is 11.1 Å². The van der Waals surface area contributed by atoms with Gasteiger partial charge in [-0.2, -0.15) is 0 Å². The van der Waals surface area contributed by atoms with Crippen molar-refractivity contribution in [1.82, 2.24) is 20.2 Å². The maximum absolute atomic E-state index is 13.2. The Labute approximate surface area is 221 Å². The van der Waals surface area contributed by atoms with E-state index in [1.54, 1.807) is 0 Å². The van der Waals surface area contributed by atoms with Gasteiger partial charge in [-0.1, -0.05) is 31.2 Å². The van der Waals surface area contributed by atoms with Crippen LogP contribution < -0.4 is 10.2 Å². The Morgan fingerprint density at radius 2 is 1.70 bits per heavy atom. The van der Waals surface area contributed by atoms with Crippen molar-refractivity contribution < 1.29 is 4.79 Å². The highest BCUT2D eigenvalue weighted by molar-refractivity contribution is 5.97. The van der Waals surface area contributed by atoms with E-state index in [2.05, 4.69) is 51.3 Å². The first-order valence-corrected chi connectivity index (χ1v) is 13.7. The van der Waals surface area contributed by atoms with Crippen molar-refractivity contribution in [2.75, 3.05) is 31.1 Å². The molecule has 0 atom stereocenters. The van der Waals surface area contributed by atoms with Crippen molar-refractivity contribution in [3.05, 3.63) is 77.2 Å². The lowest BCUT2D eigenvalue weighted by atomic mass is 9.96. The van der Waals surface area contributed by atoms with Gasteiger partial charge in [0.05, 0.1) is 0 Å². The Morgan fingerprint density at radius 1 is 0.919 bits per heavy atom. The van der Waals surface area contributed by atoms with E-state index >= 15 is 0 Å². The molecule has 1 amide bonds. The highest BCUT2D eigenvalue weighted by Crippen LogP contribution is 2.26. The number of rotatable bonds is 6. The molecule has 0 aliphatic carbocycles. The number of piperidine rings is 2. The van der Waals surface area contributed by atoms with Crippen LogP contribution >= 0.6 is 0 Å². The zero-order valence-corrected chi connectivity index (χ0v) is 22.4. The number of hydrogen-bond acceptors (Lipinski definition) is 5. The Morgan fingerprint density at radius 3 is 2.38 bits per heavy atom. The number of nitrogens with zero attached hydrogens (tertiary/aromatic N) is 4. The van der Waals surface area contributed by atoms with Gasteiger partial charge in [0, 0.05) is 68.0 Å². The first-order chi connectivity index (χ1) is 18.0. The van der Waals surface area contributed by atoms with E-state index < -0.39 is 0 Å². The molecule has 0 radical (unpaired) electrons. The molecule has 1 aromatic carbocycles. The number of aryl methyl sites for hydroxylation is 1. The number of nitrogens with one attached hydrogen (secondary N) is 1. The molecule has 1 N–H and O–H groups in total. The Balaban J connectivity index is 1.13. The molecule has 2 aliphatic heterocycles. The van der Waals surface area contributed by atoms with Crippen molar-refractivity contribution in [1.29, 1.82) is 0 Å². The maximum atomic E-state index is 13.2. The van der Waals surface area contributed by atoms with E-state index in [0.29, 0.717) is 0 Å². The van der Waals surface area contributed by atoms with Crippen LogP contribution in [0, 0.1) is 19.8 Å². The Bertz CT molecular complexity index is 1190. The predicted molar refractivity (Wildman–Crippen MR) is 150 cm³/mol. The Hall–Kier alpha value is -3.25. The van der Waals surface area contributed by atoms with Gasteiger partial charge in [0.25, 0.3) is 5.91 Å². The van der Waals surface area contributed by atoms with Gasteiger partial charge >= 0.3 is 0 Å². The molecule has 194 valence electrons. The number of anilines is 1. The molecule has 0 spiro atoms. The average Bonchev–Trinajstić information content (AvgIpc) is 2.91. The quantitative estimate of drug-likeness (QED) is 0.495. The summed E-state index contributed by atoms with van der Waals surface area (Å²) in [5.41, 5.74) is 6.09. The third-order valence-electron chi connectivity index (χ3n) is 8.05. The first kappa shape index (κ1) is 25.4. The Kier molecular flexibility index (Phi) is 7.85. The molecule has 0 unspecified atom stereocenters. The van der Waals surface area contributed by atoms with Crippen molar-refractivity contribution in [3.8, 4) is 11.1 Å². The molecule has 6 heteroatoms. The molecule has 3 aromatic rings. The highest BCUT2D eigenvalue weighted by Gasteiger charge is 2.23. The number of hydrogen-bond donors (Lipinski definition) is 1. The normalized spacial score (nSPS) is 17.6. The van der Waals surface area contributed by atoms with Crippen LogP contribution in [-0.2, 0) is 6.54 Å². The minimum atomic E-state index is 0.0183. The standard InChI is InChI=1S/C31H39N5O/c1-22-11-17-36(18-12-22)30-10-8-25(19-33-30)21-35-15-13-27(14-16-35)34-31(37)29-6-4-5-28(24(29)3)26-9-7-23(2)32-20-26/h4-10,19-20,22,27H,11-18,21H2,1-3H3,(H,34,37). The van der Waals surface area contributed by atoms with Crippen molar-refractivity contribution in [2.24, 2.45) is 5.92 Å². The zero-order chi connectivity index (χ0) is 25.8. The fourth-order valence-corrected chi connectivity index (χ4v) is 5.51. The molecule has 4 heterocycles. The lowest BCUT2D eigenvalue weighted by molar-refractivity contribution is 0.0908. The summed E-state index contributed by atoms with van der Waals surface area (Å²) in [6.45, 7) is 11.4. The van der Waals surface area contributed by atoms with Crippen LogP contribution in [0.15, 0.2) is 54.9 Å². The van der Waals surface area contributed by atoms with Gasteiger partial charge < -0.3 is 10.2 Å². The summed E-state index contributed by atoms with van der Waals surface area (Å²) in [5.74, 6) is 1.95. The smallest absolute Gasteiger partial charge is 0.251 e. The summed E-state index contributed by atoms with van der Waals surface area (Å²) in [4.78, 5) is 27.2. The third-order valence-corrected chi connectivity index (χ3v) is 8.05. The molecular formula is C31H39N5O. The first-order valence-electron chi connectivity index (χ1n) is 13.7. The summed E-state index contributed by atoms with van der Waals surface area (Å²) in [7, 11) is 0. The summed E-state index contributed by atoms with van der Waals surface area (Å²) in [6, 6.07) is 14.6. The number of pyridine rings is 2. The SMILES string of the molecule is Cc1ccc(-c2cccc(C(=O)NC3CCN(Cc4ccc(N5CCC(C)CC5)nc4)CC3)c2C)cn1. The van der Waals surface area contributed by atoms with Crippen LogP contribution in [0.2, 0.25) is 0 Å². The average molecular weight is 498 g/mol. The van der Waals surface area contributed by atoms with Gasteiger partial charge in [0.2, 0.25) is 0 Å². The number of carbonyl (C=O) groups is 1. The maximum Gasteiger partial charge on any atom is 0.251 e. The van der Waals surface area contributed by atoms with Crippen LogP contribution in [-0.4, -0.2) is 53.0 Å². The van der Waals surface area contributed by atoms with Gasteiger partial charge in [-0.05, 0) is 80.3 Å². The number of likely N-dealkylation sites (tertiary alicyclic amines) is 1. The second-order valence-corrected chi connectivity index (χ2v) is 10.9. The van der Waals surface area contributed by atoms with Crippen LogP contribution in [0.5, 0.6) is 0 Å². The van der Waals surface area contributed by atoms with E-state index in [-0.39, 0.29) is 11.9 Å². The van der Waals surface area contributed by atoms with Crippen LogP contribution in [0.3, 0.4) is 0 Å². The van der Waals surface area contributed by atoms with Gasteiger partial charge in [0.1, 0.15) is 5.82 Å². The summed E-state index contributed by atoms with van der Waals surface area (Å²) < 4.78 is 0. The second kappa shape index (κ2) is 11.4. The zero-order valence-electron chi connectivity index (χ0n) is 22.4. The topological polar surface area (TPSA) is 61.4 Å². The van der Waals surface area contributed by atoms with Crippen molar-refractivity contribution in [3.63, 3.8) is 0 Å². The summed E-state index contributed by atoms with van der Waals surface area (Å²) in [5, 5.41) is 3.30. The fourth-order valence-electron chi connectivity index (χ4n) is 5.51. The molecule has 2 saturated heterocycles. The molecule has 37 heavy (non-hydrogen) atoms. The van der Waals surface area contributed by atoms with E-state index in [4.69, 9.17) is 4.98 Å². The van der Waals surface area contributed by atoms with Gasteiger partial charge in [0.15, 0.2) is 0 Å².